The molecule has 7 N–H and O–H groups in total. The van der Waals surface area contributed by atoms with E-state index in [0.29, 0.717) is 0 Å². The SMILES string of the molecule is C/C=C/c1ccc(C)s1.COc1cc(C)c(CO)cc1-c1ccc2c(c1)[nH]c1cc(C)ccc12.Cc1cc(CO)c(C)s1.Cc1ccc(C)s1.Cc1ccc2c(c1)[nH]c1cc(-c3ccc(C)c4nsnc34)ccc12.Cc1ccc2c(c1)[nH]c1cc(C)ccc12.c1ccc(Nc2ccc(Nc3ccccc3)cc2)cc1. The number of aromatic nitrogens is 5. The molecule has 7 aromatic heterocycles. The number of benzene rings is 11. The van der Waals surface area contributed by atoms with Crippen molar-refractivity contribution >= 4 is 151 Å². The minimum atomic E-state index is 0.0245. The molecule has 0 unspecified atom stereocenters. The number of anilines is 4. The first-order valence-electron chi connectivity index (χ1n) is 36.5. The Hall–Kier alpha value is -11.2. The molecule has 0 saturated carbocycles. The molecule has 550 valence electrons. The van der Waals surface area contributed by atoms with Crippen LogP contribution in [0.4, 0.5) is 22.7 Å². The molecule has 0 aliphatic carbocycles. The third-order valence-electron chi connectivity index (χ3n) is 18.8. The quantitative estimate of drug-likeness (QED) is 0.0722. The number of methoxy groups -OCH3 is 1. The van der Waals surface area contributed by atoms with E-state index in [1.807, 2.05) is 98.0 Å². The van der Waals surface area contributed by atoms with Crippen LogP contribution in [-0.4, -0.2) is 41.0 Å². The van der Waals surface area contributed by atoms with Crippen molar-refractivity contribution in [2.75, 3.05) is 17.7 Å². The van der Waals surface area contributed by atoms with Crippen LogP contribution in [0.1, 0.15) is 80.7 Å². The van der Waals surface area contributed by atoms with Gasteiger partial charge in [-0.05, 0) is 272 Å². The number of hydrogen-bond acceptors (Lipinski definition) is 11. The number of fused-ring (bicyclic) bond motifs is 10. The second-order valence-corrected chi connectivity index (χ2v) is 32.2. The summed E-state index contributed by atoms with van der Waals surface area (Å²) in [6.45, 7) is 25.2. The van der Waals surface area contributed by atoms with Gasteiger partial charge in [-0.25, -0.2) is 0 Å². The molecule has 0 radical (unpaired) electrons. The van der Waals surface area contributed by atoms with E-state index in [9.17, 15) is 5.11 Å². The number of hydrogen-bond donors (Lipinski definition) is 7. The normalized spacial score (nSPS) is 10.9. The summed E-state index contributed by atoms with van der Waals surface area (Å²) in [5.74, 6) is 0.820. The summed E-state index contributed by atoms with van der Waals surface area (Å²) < 4.78 is 14.5. The fraction of sp³-hybridized carbons (Fsp3) is 0.158. The van der Waals surface area contributed by atoms with Crippen molar-refractivity contribution in [2.45, 2.75) is 96.3 Å². The molecular weight excluding hydrogens is 1420 g/mol. The van der Waals surface area contributed by atoms with E-state index in [-0.39, 0.29) is 13.2 Å². The first kappa shape index (κ1) is 77.4. The van der Waals surface area contributed by atoms with Crippen molar-refractivity contribution < 1.29 is 14.9 Å². The van der Waals surface area contributed by atoms with Crippen LogP contribution in [0.2, 0.25) is 0 Å². The summed E-state index contributed by atoms with van der Waals surface area (Å²) in [5, 5.41) is 32.7. The van der Waals surface area contributed by atoms with Gasteiger partial charge < -0.3 is 40.5 Å². The molecule has 0 aliphatic rings. The highest BCUT2D eigenvalue weighted by atomic mass is 32.1. The van der Waals surface area contributed by atoms with E-state index in [2.05, 4.69) is 303 Å². The molecule has 0 atom stereocenters. The zero-order valence-electron chi connectivity index (χ0n) is 64.1. The highest BCUT2D eigenvalue weighted by Crippen LogP contribution is 2.38. The number of aliphatic hydroxyl groups is 2. The average molecular weight is 1510 g/mol. The van der Waals surface area contributed by atoms with Crippen molar-refractivity contribution in [2.24, 2.45) is 0 Å². The Morgan fingerprint density at radius 1 is 0.367 bits per heavy atom. The molecule has 0 aliphatic heterocycles. The highest BCUT2D eigenvalue weighted by Gasteiger charge is 2.15. The Labute approximate surface area is 655 Å². The number of ether oxygens (including phenoxy) is 1. The molecule has 7 heterocycles. The number of aliphatic hydroxyl groups excluding tert-OH is 2. The minimum Gasteiger partial charge on any atom is -0.496 e. The van der Waals surface area contributed by atoms with E-state index in [4.69, 9.17) is 9.84 Å². The molecule has 0 amide bonds. The van der Waals surface area contributed by atoms with Gasteiger partial charge in [-0.2, -0.15) is 8.75 Å². The van der Waals surface area contributed by atoms with Crippen LogP contribution in [-0.2, 0) is 13.2 Å². The lowest BCUT2D eigenvalue weighted by Crippen LogP contribution is -1.94. The maximum absolute atomic E-state index is 9.60. The predicted octanol–water partition coefficient (Wildman–Crippen LogP) is 27.1. The summed E-state index contributed by atoms with van der Waals surface area (Å²) in [6, 6.07) is 86.6. The van der Waals surface area contributed by atoms with Crippen LogP contribution in [0.25, 0.3) is 105 Å². The van der Waals surface area contributed by atoms with Gasteiger partial charge in [0.1, 0.15) is 16.8 Å². The molecule has 14 heteroatoms. The van der Waals surface area contributed by atoms with Crippen molar-refractivity contribution in [1.29, 1.82) is 0 Å². The molecular formula is C95H93N7O3S4. The van der Waals surface area contributed by atoms with Gasteiger partial charge in [0, 0.05) is 129 Å². The predicted molar refractivity (Wildman–Crippen MR) is 473 cm³/mol. The van der Waals surface area contributed by atoms with Crippen molar-refractivity contribution in [3.63, 3.8) is 0 Å². The van der Waals surface area contributed by atoms with Crippen LogP contribution >= 0.6 is 45.7 Å². The number of para-hydroxylation sites is 2. The third kappa shape index (κ3) is 19.6. The monoisotopic (exact) mass is 1510 g/mol. The van der Waals surface area contributed by atoms with Gasteiger partial charge in [0.15, 0.2) is 0 Å². The number of aromatic amines is 3. The topological polar surface area (TPSA) is 147 Å². The maximum Gasteiger partial charge on any atom is 0.126 e. The standard InChI is InChI=1S/C22H21NO2.C20H15N3S.C18H16N2.C14H13N.C8H10S.C7H10OS.C6H8S/c1-13-4-6-17-18-7-5-15(11-21(18)23-20(17)8-13)19-10-16(12-24)14(2)9-22(19)25-3;1-11-3-6-15-16-8-5-13(10-18(16)21-17(15)9-11)14-7-4-12(2)19-20(14)23-24-22-19;1-3-7-15(8-4-1)19-17-11-13-18(14-12-17)20-16-9-5-2-6-10-16;1-9-3-5-11-12-6-4-10(2)8-14(12)15-13(11)7-9;1-3-4-8-6-5-7(2)9-8;1-5-3-7(4-8)6(2)9-5;1-5-3-4-6(2)7-5/h4-11,23-24H,12H2,1-3H3;3-10,21H,1-2H3;1-14,19-20H;3-8,15H,1-2H3;3-6H,1-2H3;3,8H,4H2,1-2H3;3-4H,1-2H3/b;;;;4-3+;;. The van der Waals surface area contributed by atoms with E-state index < -0.39 is 0 Å². The summed E-state index contributed by atoms with van der Waals surface area (Å²) >= 11 is 6.68. The van der Waals surface area contributed by atoms with Gasteiger partial charge in [0.25, 0.3) is 0 Å². The van der Waals surface area contributed by atoms with Gasteiger partial charge in [-0.3, -0.25) is 0 Å². The zero-order chi connectivity index (χ0) is 76.7. The van der Waals surface area contributed by atoms with Crippen LogP contribution in [0.15, 0.2) is 255 Å². The first-order chi connectivity index (χ1) is 52.8. The summed E-state index contributed by atoms with van der Waals surface area (Å²) in [7, 11) is 1.68. The van der Waals surface area contributed by atoms with E-state index in [0.717, 1.165) is 89.5 Å². The molecule has 18 aromatic rings. The number of H-pyrrole nitrogens is 3. The second kappa shape index (κ2) is 36.1. The number of aryl methyl sites for hydroxylation is 11. The first-order valence-corrected chi connectivity index (χ1v) is 39.7. The molecule has 109 heavy (non-hydrogen) atoms. The van der Waals surface area contributed by atoms with E-state index in [1.165, 1.54) is 123 Å². The number of thiophene rings is 3. The van der Waals surface area contributed by atoms with E-state index in [1.54, 1.807) is 18.4 Å². The van der Waals surface area contributed by atoms with Gasteiger partial charge in [0.05, 0.1) is 32.1 Å². The second-order valence-electron chi connectivity index (χ2n) is 27.4. The third-order valence-corrected chi connectivity index (χ3v) is 22.2. The van der Waals surface area contributed by atoms with E-state index >= 15 is 0 Å². The van der Waals surface area contributed by atoms with Crippen LogP contribution in [0, 0.1) is 76.2 Å². The number of rotatable bonds is 10. The van der Waals surface area contributed by atoms with Gasteiger partial charge in [-0.1, -0.05) is 127 Å². The van der Waals surface area contributed by atoms with Gasteiger partial charge in [-0.15, -0.1) is 34.0 Å². The Morgan fingerprint density at radius 2 is 0.780 bits per heavy atom. The minimum absolute atomic E-state index is 0.0245. The Balaban J connectivity index is 0.000000124. The fourth-order valence-electron chi connectivity index (χ4n) is 13.2. The number of allylic oxidation sites excluding steroid dienone is 1. The summed E-state index contributed by atoms with van der Waals surface area (Å²) in [5.41, 5.74) is 27.1. The van der Waals surface area contributed by atoms with Crippen molar-refractivity contribution in [3.05, 3.63) is 329 Å². The smallest absolute Gasteiger partial charge is 0.126 e. The Kier molecular flexibility index (Phi) is 25.7. The average Bonchev–Trinajstić information content (AvgIpc) is 1.65. The molecule has 0 spiro atoms. The van der Waals surface area contributed by atoms with Gasteiger partial charge in [0.2, 0.25) is 0 Å². The molecule has 0 bridgehead atoms. The summed E-state index contributed by atoms with van der Waals surface area (Å²) in [6.07, 6.45) is 4.18. The summed E-state index contributed by atoms with van der Waals surface area (Å²) in [4.78, 5) is 18.6. The lowest BCUT2D eigenvalue weighted by Gasteiger charge is -2.13. The van der Waals surface area contributed by atoms with Crippen molar-refractivity contribution in [1.82, 2.24) is 23.7 Å². The molecule has 0 saturated heterocycles. The Bertz CT molecular complexity index is 5980. The molecule has 11 aromatic carbocycles. The van der Waals surface area contributed by atoms with Gasteiger partial charge >= 0.3 is 0 Å². The maximum atomic E-state index is 9.60. The fourth-order valence-corrected chi connectivity index (χ4v) is 16.3. The Morgan fingerprint density at radius 3 is 1.17 bits per heavy atom. The van der Waals surface area contributed by atoms with Crippen LogP contribution in [0.3, 0.4) is 0 Å². The molecule has 0 fully saturated rings. The molecule has 10 nitrogen and oxygen atoms in total. The largest absolute Gasteiger partial charge is 0.496 e. The lowest BCUT2D eigenvalue weighted by molar-refractivity contribution is 0.281. The highest BCUT2D eigenvalue weighted by molar-refractivity contribution is 7.13. The lowest BCUT2D eigenvalue weighted by atomic mass is 9.97. The number of nitrogens with one attached hydrogen (secondary N) is 5. The van der Waals surface area contributed by atoms with Crippen LogP contribution in [0.5, 0.6) is 5.75 Å². The molecule has 18 rings (SSSR count). The number of nitrogens with zero attached hydrogens (tertiary/aromatic N) is 2. The zero-order valence-corrected chi connectivity index (χ0v) is 67.3. The van der Waals surface area contributed by atoms with Crippen molar-refractivity contribution in [3.8, 4) is 28.0 Å². The van der Waals surface area contributed by atoms with Crippen LogP contribution < -0.4 is 15.4 Å².